The van der Waals surface area contributed by atoms with Crippen LogP contribution in [0.1, 0.15) is 32.6 Å². The zero-order valence-corrected chi connectivity index (χ0v) is 8.72. The minimum Gasteiger partial charge on any atom is -0.302 e. The lowest BCUT2D eigenvalue weighted by Gasteiger charge is -2.16. The molecule has 1 aliphatic rings. The molecule has 0 aromatic carbocycles. The second-order valence-corrected chi connectivity index (χ2v) is 6.04. The van der Waals surface area contributed by atoms with Crippen molar-refractivity contribution in [3.05, 3.63) is 0 Å². The first-order valence-electron chi connectivity index (χ1n) is 4.78. The van der Waals surface area contributed by atoms with E-state index in [0.717, 1.165) is 25.7 Å². The molecule has 4 heteroatoms. The van der Waals surface area contributed by atoms with Crippen LogP contribution in [-0.2, 0) is 14.6 Å². The third-order valence-electron chi connectivity index (χ3n) is 2.82. The van der Waals surface area contributed by atoms with Gasteiger partial charge in [-0.15, -0.1) is 0 Å². The Morgan fingerprint density at radius 3 is 2.31 bits per heavy atom. The summed E-state index contributed by atoms with van der Waals surface area (Å²) in [6.45, 7) is 1.60. The van der Waals surface area contributed by atoms with Gasteiger partial charge in [-0.05, 0) is 18.8 Å². The van der Waals surface area contributed by atoms with Gasteiger partial charge in [-0.1, -0.05) is 19.8 Å². The van der Waals surface area contributed by atoms with E-state index in [2.05, 4.69) is 0 Å². The third kappa shape index (κ3) is 2.30. The van der Waals surface area contributed by atoms with E-state index in [-0.39, 0.29) is 11.7 Å². The Bertz CT molecular complexity index is 263. The Labute approximate surface area is 79.4 Å². The smallest absolute Gasteiger partial charge is 0.159 e. The van der Waals surface area contributed by atoms with Gasteiger partial charge in [0.15, 0.2) is 9.84 Å². The normalized spacial score (nSPS) is 21.6. The largest absolute Gasteiger partial charge is 0.302 e. The average molecular weight is 204 g/mol. The van der Waals surface area contributed by atoms with Crippen molar-refractivity contribution in [2.75, 3.05) is 5.75 Å². The van der Waals surface area contributed by atoms with Crippen LogP contribution in [0.15, 0.2) is 0 Å². The lowest BCUT2D eigenvalue weighted by molar-refractivity contribution is -0.108. The molecule has 0 amide bonds. The van der Waals surface area contributed by atoms with Crippen molar-refractivity contribution in [3.8, 4) is 0 Å². The highest BCUT2D eigenvalue weighted by atomic mass is 32.2. The summed E-state index contributed by atoms with van der Waals surface area (Å²) >= 11 is 0. The summed E-state index contributed by atoms with van der Waals surface area (Å²) in [5.74, 6) is 0.162. The molecule has 1 saturated carbocycles. The highest BCUT2D eigenvalue weighted by Gasteiger charge is 2.33. The molecule has 1 atom stereocenters. The first-order chi connectivity index (χ1) is 6.11. The van der Waals surface area contributed by atoms with Gasteiger partial charge in [0.1, 0.15) is 11.5 Å². The molecule has 0 N–H and O–H groups in total. The molecule has 13 heavy (non-hydrogen) atoms. The molecular formula is C9H16O3S. The van der Waals surface area contributed by atoms with E-state index in [1.54, 1.807) is 6.92 Å². The summed E-state index contributed by atoms with van der Waals surface area (Å²) in [6, 6.07) is 0. The van der Waals surface area contributed by atoms with Crippen LogP contribution < -0.4 is 0 Å². The number of rotatable bonds is 4. The number of hydrogen-bond donors (Lipinski definition) is 0. The van der Waals surface area contributed by atoms with Crippen LogP contribution in [0.4, 0.5) is 0 Å². The van der Waals surface area contributed by atoms with Crippen LogP contribution in [0.5, 0.6) is 0 Å². The van der Waals surface area contributed by atoms with Crippen molar-refractivity contribution >= 4 is 16.1 Å². The van der Waals surface area contributed by atoms with Crippen LogP contribution in [0, 0.1) is 5.92 Å². The van der Waals surface area contributed by atoms with Crippen molar-refractivity contribution < 1.29 is 13.2 Å². The SMILES string of the molecule is CCS(=O)(=O)C(C=O)C1CCCC1. The minimum atomic E-state index is -3.16. The van der Waals surface area contributed by atoms with Crippen LogP contribution in [0.2, 0.25) is 0 Å². The first-order valence-corrected chi connectivity index (χ1v) is 6.50. The fourth-order valence-corrected chi connectivity index (χ4v) is 3.38. The molecule has 3 nitrogen and oxygen atoms in total. The Balaban J connectivity index is 2.77. The van der Waals surface area contributed by atoms with Crippen molar-refractivity contribution in [2.24, 2.45) is 5.92 Å². The fourth-order valence-electron chi connectivity index (χ4n) is 1.97. The van der Waals surface area contributed by atoms with Gasteiger partial charge in [-0.3, -0.25) is 0 Å². The summed E-state index contributed by atoms with van der Waals surface area (Å²) in [7, 11) is -3.16. The summed E-state index contributed by atoms with van der Waals surface area (Å²) in [4.78, 5) is 10.7. The first kappa shape index (κ1) is 10.7. The molecule has 1 aliphatic carbocycles. The maximum absolute atomic E-state index is 11.5. The van der Waals surface area contributed by atoms with Crippen molar-refractivity contribution in [1.29, 1.82) is 0 Å². The van der Waals surface area contributed by atoms with Crippen molar-refractivity contribution in [3.63, 3.8) is 0 Å². The predicted octanol–water partition coefficient (Wildman–Crippen LogP) is 1.18. The van der Waals surface area contributed by atoms with Gasteiger partial charge in [-0.2, -0.15) is 0 Å². The van der Waals surface area contributed by atoms with Gasteiger partial charge in [0, 0.05) is 5.75 Å². The Hall–Kier alpha value is -0.380. The number of aldehydes is 1. The maximum Gasteiger partial charge on any atom is 0.159 e. The Morgan fingerprint density at radius 1 is 1.38 bits per heavy atom. The quantitative estimate of drug-likeness (QED) is 0.646. The molecule has 76 valence electrons. The molecule has 0 radical (unpaired) electrons. The highest BCUT2D eigenvalue weighted by molar-refractivity contribution is 7.92. The average Bonchev–Trinajstić information content (AvgIpc) is 2.58. The van der Waals surface area contributed by atoms with E-state index in [4.69, 9.17) is 0 Å². The summed E-state index contributed by atoms with van der Waals surface area (Å²) < 4.78 is 23.0. The molecular weight excluding hydrogens is 188 g/mol. The molecule has 0 aliphatic heterocycles. The van der Waals surface area contributed by atoms with E-state index in [9.17, 15) is 13.2 Å². The number of sulfone groups is 1. The molecule has 1 fully saturated rings. The van der Waals surface area contributed by atoms with E-state index >= 15 is 0 Å². The Morgan fingerprint density at radius 2 is 1.92 bits per heavy atom. The van der Waals surface area contributed by atoms with E-state index < -0.39 is 15.1 Å². The second-order valence-electron chi connectivity index (χ2n) is 3.60. The van der Waals surface area contributed by atoms with Gasteiger partial charge >= 0.3 is 0 Å². The molecule has 0 bridgehead atoms. The van der Waals surface area contributed by atoms with Crippen LogP contribution in [0.25, 0.3) is 0 Å². The molecule has 1 rings (SSSR count). The van der Waals surface area contributed by atoms with E-state index in [1.165, 1.54) is 0 Å². The third-order valence-corrected chi connectivity index (χ3v) is 4.95. The summed E-state index contributed by atoms with van der Waals surface area (Å²) in [5.41, 5.74) is 0. The molecule has 1 unspecified atom stereocenters. The molecule has 0 aromatic heterocycles. The molecule has 0 aromatic rings. The monoisotopic (exact) mass is 204 g/mol. The fraction of sp³-hybridized carbons (Fsp3) is 0.889. The predicted molar refractivity (Wildman–Crippen MR) is 51.3 cm³/mol. The minimum absolute atomic E-state index is 0.0763. The zero-order valence-electron chi connectivity index (χ0n) is 7.90. The van der Waals surface area contributed by atoms with Crippen LogP contribution in [-0.4, -0.2) is 25.7 Å². The maximum atomic E-state index is 11.5. The van der Waals surface area contributed by atoms with E-state index in [1.807, 2.05) is 0 Å². The molecule has 0 spiro atoms. The molecule has 0 saturated heterocycles. The topological polar surface area (TPSA) is 51.2 Å². The standard InChI is InChI=1S/C9H16O3S/c1-2-13(11,12)9(7-10)8-5-3-4-6-8/h7-9H,2-6H2,1H3. The second kappa shape index (κ2) is 4.22. The molecule has 0 heterocycles. The van der Waals surface area contributed by atoms with Gasteiger partial charge in [0.25, 0.3) is 0 Å². The van der Waals surface area contributed by atoms with Gasteiger partial charge in [0.05, 0.1) is 0 Å². The summed E-state index contributed by atoms with van der Waals surface area (Å²) in [5, 5.41) is -0.736. The van der Waals surface area contributed by atoms with Crippen LogP contribution >= 0.6 is 0 Å². The lowest BCUT2D eigenvalue weighted by atomic mass is 10.1. The highest BCUT2D eigenvalue weighted by Crippen LogP contribution is 2.30. The van der Waals surface area contributed by atoms with Crippen molar-refractivity contribution in [2.45, 2.75) is 37.9 Å². The van der Waals surface area contributed by atoms with Gasteiger partial charge in [-0.25, -0.2) is 8.42 Å². The number of carbonyl (C=O) groups excluding carboxylic acids is 1. The number of carbonyl (C=O) groups is 1. The zero-order chi connectivity index (χ0) is 9.90. The number of hydrogen-bond acceptors (Lipinski definition) is 3. The van der Waals surface area contributed by atoms with Crippen LogP contribution in [0.3, 0.4) is 0 Å². The van der Waals surface area contributed by atoms with Crippen molar-refractivity contribution in [1.82, 2.24) is 0 Å². The van der Waals surface area contributed by atoms with Gasteiger partial charge in [0.2, 0.25) is 0 Å². The lowest BCUT2D eigenvalue weighted by Crippen LogP contribution is -2.31. The Kier molecular flexibility index (Phi) is 3.47. The van der Waals surface area contributed by atoms with Gasteiger partial charge < -0.3 is 4.79 Å². The summed E-state index contributed by atoms with van der Waals surface area (Å²) in [6.07, 6.45) is 4.53. The van der Waals surface area contributed by atoms with E-state index in [0.29, 0.717) is 6.29 Å².